The topological polar surface area (TPSA) is 59.6 Å². The van der Waals surface area contributed by atoms with Gasteiger partial charge in [-0.15, -0.1) is 6.58 Å². The fourth-order valence-electron chi connectivity index (χ4n) is 1.75. The van der Waals surface area contributed by atoms with Crippen LogP contribution in [0.15, 0.2) is 30.9 Å². The molecule has 0 heterocycles. The second-order valence-corrected chi connectivity index (χ2v) is 4.56. The van der Waals surface area contributed by atoms with Gasteiger partial charge >= 0.3 is 0 Å². The van der Waals surface area contributed by atoms with Crippen LogP contribution in [0.4, 0.5) is 0 Å². The van der Waals surface area contributed by atoms with E-state index in [-0.39, 0.29) is 5.91 Å². The zero-order valence-corrected chi connectivity index (χ0v) is 12.9. The van der Waals surface area contributed by atoms with Crippen LogP contribution in [0.2, 0.25) is 0 Å². The van der Waals surface area contributed by atoms with Crippen molar-refractivity contribution >= 4 is 5.91 Å². The third kappa shape index (κ3) is 5.47. The van der Waals surface area contributed by atoms with Crippen molar-refractivity contribution in [1.82, 2.24) is 10.6 Å². The van der Waals surface area contributed by atoms with Gasteiger partial charge in [0.15, 0.2) is 17.6 Å². The van der Waals surface area contributed by atoms with Gasteiger partial charge in [-0.2, -0.15) is 0 Å². The van der Waals surface area contributed by atoms with E-state index in [0.29, 0.717) is 18.0 Å². The summed E-state index contributed by atoms with van der Waals surface area (Å²) in [7, 11) is 1.58. The molecule has 1 aromatic carbocycles. The molecule has 0 saturated heterocycles. The Kier molecular flexibility index (Phi) is 7.32. The fraction of sp³-hybridized carbons (Fsp3) is 0.438. The van der Waals surface area contributed by atoms with Crippen LogP contribution >= 0.6 is 0 Å². The predicted octanol–water partition coefficient (Wildman–Crippen LogP) is 1.87. The third-order valence-electron chi connectivity index (χ3n) is 2.90. The number of amides is 1. The molecular weight excluding hydrogens is 268 g/mol. The first-order chi connectivity index (χ1) is 10.1. The van der Waals surface area contributed by atoms with Gasteiger partial charge in [-0.1, -0.05) is 19.1 Å². The normalized spacial score (nSPS) is 11.6. The third-order valence-corrected chi connectivity index (χ3v) is 2.90. The molecule has 5 nitrogen and oxygen atoms in total. The van der Waals surface area contributed by atoms with Crippen LogP contribution < -0.4 is 20.1 Å². The maximum atomic E-state index is 11.8. The number of carbonyl (C=O) groups is 1. The Morgan fingerprint density at radius 3 is 2.81 bits per heavy atom. The number of hydrogen-bond donors (Lipinski definition) is 2. The average molecular weight is 292 g/mol. The Morgan fingerprint density at radius 1 is 1.43 bits per heavy atom. The maximum absolute atomic E-state index is 11.8. The van der Waals surface area contributed by atoms with Gasteiger partial charge < -0.3 is 20.1 Å². The van der Waals surface area contributed by atoms with Gasteiger partial charge in [-0.3, -0.25) is 4.79 Å². The van der Waals surface area contributed by atoms with Crippen molar-refractivity contribution in [1.29, 1.82) is 0 Å². The molecule has 0 fully saturated rings. The molecule has 1 rings (SSSR count). The Hall–Kier alpha value is -2.01. The molecule has 1 amide bonds. The Labute approximate surface area is 126 Å². The first kappa shape index (κ1) is 17.0. The summed E-state index contributed by atoms with van der Waals surface area (Å²) in [6, 6.07) is 5.68. The summed E-state index contributed by atoms with van der Waals surface area (Å²) >= 11 is 0. The van der Waals surface area contributed by atoms with Gasteiger partial charge in [0.05, 0.1) is 7.11 Å². The van der Waals surface area contributed by atoms with Crippen LogP contribution in [0.5, 0.6) is 11.5 Å². The highest BCUT2D eigenvalue weighted by Gasteiger charge is 2.16. The molecule has 0 aliphatic heterocycles. The molecule has 0 bridgehead atoms. The first-order valence-electron chi connectivity index (χ1n) is 7.05. The summed E-state index contributed by atoms with van der Waals surface area (Å²) in [4.78, 5) is 11.8. The molecule has 116 valence electrons. The monoisotopic (exact) mass is 292 g/mol. The molecule has 0 aromatic heterocycles. The van der Waals surface area contributed by atoms with E-state index < -0.39 is 6.10 Å². The quantitative estimate of drug-likeness (QED) is 0.682. The van der Waals surface area contributed by atoms with Gasteiger partial charge in [0.25, 0.3) is 5.91 Å². The molecule has 0 radical (unpaired) electrons. The van der Waals surface area contributed by atoms with E-state index in [0.717, 1.165) is 18.7 Å². The molecular formula is C16H24N2O3. The minimum Gasteiger partial charge on any atom is -0.493 e. The summed E-state index contributed by atoms with van der Waals surface area (Å²) in [5.41, 5.74) is 1.10. The van der Waals surface area contributed by atoms with Crippen LogP contribution in [0.3, 0.4) is 0 Å². The summed E-state index contributed by atoms with van der Waals surface area (Å²) in [5, 5.41) is 5.94. The average Bonchev–Trinajstić information content (AvgIpc) is 2.51. The SMILES string of the molecule is C=CCNC(=O)C(C)Oc1ccc(CNCC)cc1OC. The number of methoxy groups -OCH3 is 1. The summed E-state index contributed by atoms with van der Waals surface area (Å²) < 4.78 is 11.0. The molecule has 21 heavy (non-hydrogen) atoms. The second kappa shape index (κ2) is 9.02. The van der Waals surface area contributed by atoms with Crippen molar-refractivity contribution in [3.05, 3.63) is 36.4 Å². The number of carbonyl (C=O) groups excluding carboxylic acids is 1. The van der Waals surface area contributed by atoms with E-state index in [1.807, 2.05) is 18.2 Å². The lowest BCUT2D eigenvalue weighted by Gasteiger charge is -2.17. The minimum absolute atomic E-state index is 0.186. The highest BCUT2D eigenvalue weighted by Crippen LogP contribution is 2.29. The lowest BCUT2D eigenvalue weighted by Crippen LogP contribution is -2.36. The van der Waals surface area contributed by atoms with Crippen molar-refractivity contribution in [2.24, 2.45) is 0 Å². The van der Waals surface area contributed by atoms with E-state index in [1.165, 1.54) is 0 Å². The molecule has 1 aromatic rings. The molecule has 2 N–H and O–H groups in total. The van der Waals surface area contributed by atoms with E-state index in [1.54, 1.807) is 20.1 Å². The molecule has 0 saturated carbocycles. The van der Waals surface area contributed by atoms with E-state index in [4.69, 9.17) is 9.47 Å². The number of rotatable bonds is 9. The molecule has 1 atom stereocenters. The number of benzene rings is 1. The lowest BCUT2D eigenvalue weighted by molar-refractivity contribution is -0.127. The zero-order chi connectivity index (χ0) is 15.7. The summed E-state index contributed by atoms with van der Waals surface area (Å²) in [6.07, 6.45) is 1.03. The van der Waals surface area contributed by atoms with Gasteiger partial charge in [-0.05, 0) is 31.2 Å². The summed E-state index contributed by atoms with van der Waals surface area (Å²) in [5.74, 6) is 0.987. The van der Waals surface area contributed by atoms with Crippen molar-refractivity contribution in [3.63, 3.8) is 0 Å². The standard InChI is InChI=1S/C16H24N2O3/c1-5-9-18-16(19)12(3)21-14-8-7-13(11-17-6-2)10-15(14)20-4/h5,7-8,10,12,17H,1,6,9,11H2,2-4H3,(H,18,19). The smallest absolute Gasteiger partial charge is 0.261 e. The predicted molar refractivity (Wildman–Crippen MR) is 83.7 cm³/mol. The highest BCUT2D eigenvalue weighted by atomic mass is 16.5. The maximum Gasteiger partial charge on any atom is 0.261 e. The van der Waals surface area contributed by atoms with Crippen molar-refractivity contribution in [2.75, 3.05) is 20.2 Å². The largest absolute Gasteiger partial charge is 0.493 e. The number of nitrogens with one attached hydrogen (secondary N) is 2. The van der Waals surface area contributed by atoms with Crippen LogP contribution in [0, 0.1) is 0 Å². The fourth-order valence-corrected chi connectivity index (χ4v) is 1.75. The van der Waals surface area contributed by atoms with E-state index >= 15 is 0 Å². The van der Waals surface area contributed by atoms with Crippen LogP contribution in [0.1, 0.15) is 19.4 Å². The van der Waals surface area contributed by atoms with Gasteiger partial charge in [-0.25, -0.2) is 0 Å². The molecule has 1 unspecified atom stereocenters. The molecule has 5 heteroatoms. The summed E-state index contributed by atoms with van der Waals surface area (Å²) in [6.45, 7) is 9.40. The lowest BCUT2D eigenvalue weighted by atomic mass is 10.2. The van der Waals surface area contributed by atoms with Gasteiger partial charge in [0, 0.05) is 13.1 Å². The van der Waals surface area contributed by atoms with Crippen LogP contribution in [-0.2, 0) is 11.3 Å². The minimum atomic E-state index is -0.599. The van der Waals surface area contributed by atoms with Crippen molar-refractivity contribution in [3.8, 4) is 11.5 Å². The van der Waals surface area contributed by atoms with Gasteiger partial charge in [0.2, 0.25) is 0 Å². The Morgan fingerprint density at radius 2 is 2.19 bits per heavy atom. The molecule has 0 aliphatic rings. The van der Waals surface area contributed by atoms with Crippen LogP contribution in [0.25, 0.3) is 0 Å². The van der Waals surface area contributed by atoms with E-state index in [2.05, 4.69) is 24.1 Å². The Bertz CT molecular complexity index is 475. The van der Waals surface area contributed by atoms with Crippen LogP contribution in [-0.4, -0.2) is 32.2 Å². The Balaban J connectivity index is 2.73. The highest BCUT2D eigenvalue weighted by molar-refractivity contribution is 5.80. The molecule has 0 spiro atoms. The molecule has 0 aliphatic carbocycles. The zero-order valence-electron chi connectivity index (χ0n) is 12.9. The van der Waals surface area contributed by atoms with Crippen molar-refractivity contribution < 1.29 is 14.3 Å². The van der Waals surface area contributed by atoms with Crippen molar-refractivity contribution in [2.45, 2.75) is 26.5 Å². The number of ether oxygens (including phenoxy) is 2. The number of hydrogen-bond acceptors (Lipinski definition) is 4. The first-order valence-corrected chi connectivity index (χ1v) is 7.05. The van der Waals surface area contributed by atoms with Gasteiger partial charge in [0.1, 0.15) is 0 Å². The second-order valence-electron chi connectivity index (χ2n) is 4.56. The van der Waals surface area contributed by atoms with E-state index in [9.17, 15) is 4.79 Å².